The summed E-state index contributed by atoms with van der Waals surface area (Å²) in [6.07, 6.45) is 0.104. The van der Waals surface area contributed by atoms with Crippen molar-refractivity contribution in [1.82, 2.24) is 0 Å². The number of carbonyl (C=O) groups is 1. The van der Waals surface area contributed by atoms with Crippen molar-refractivity contribution in [2.45, 2.75) is 26.3 Å². The molecule has 0 unspecified atom stereocenters. The van der Waals surface area contributed by atoms with Gasteiger partial charge >= 0.3 is 5.97 Å². The maximum absolute atomic E-state index is 11.8. The number of halogens is 1. The first-order valence-electron chi connectivity index (χ1n) is 7.72. The van der Waals surface area contributed by atoms with Crippen molar-refractivity contribution in [2.24, 2.45) is 4.99 Å². The number of hydrogen-bond donors (Lipinski definition) is 1. The van der Waals surface area contributed by atoms with Crippen LogP contribution >= 0.6 is 35.2 Å². The topological polar surface area (TPSA) is 50.7 Å². The van der Waals surface area contributed by atoms with E-state index in [4.69, 9.17) is 33.5 Å². The molecule has 3 rings (SSSR count). The van der Waals surface area contributed by atoms with Crippen molar-refractivity contribution in [1.29, 1.82) is 0 Å². The lowest BCUT2D eigenvalue weighted by Gasteiger charge is -2.12. The number of aryl methyl sites for hydroxylation is 1. The molecule has 1 atom stereocenters. The van der Waals surface area contributed by atoms with E-state index in [-0.39, 0.29) is 12.4 Å². The van der Waals surface area contributed by atoms with Gasteiger partial charge in [-0.2, -0.15) is 0 Å². The van der Waals surface area contributed by atoms with Crippen LogP contribution in [0.2, 0.25) is 5.02 Å². The molecule has 0 aliphatic carbocycles. The number of thiocarbonyl (C=S) groups is 1. The summed E-state index contributed by atoms with van der Waals surface area (Å²) in [6, 6.07) is 7.06. The Morgan fingerprint density at radius 1 is 1.36 bits per heavy atom. The minimum Gasteiger partial charge on any atom is -0.469 e. The Hall–Kier alpha value is -1.76. The fourth-order valence-electron chi connectivity index (χ4n) is 2.68. The number of benzene rings is 1. The maximum Gasteiger partial charge on any atom is 0.308 e. The van der Waals surface area contributed by atoms with Gasteiger partial charge in [-0.15, -0.1) is 11.3 Å². The van der Waals surface area contributed by atoms with Crippen LogP contribution in [0.5, 0.6) is 0 Å². The molecule has 25 heavy (non-hydrogen) atoms. The van der Waals surface area contributed by atoms with Crippen LogP contribution in [0.4, 0.5) is 5.00 Å². The minimum atomic E-state index is -0.465. The van der Waals surface area contributed by atoms with E-state index in [9.17, 15) is 4.79 Å². The Morgan fingerprint density at radius 2 is 2.04 bits per heavy atom. The fraction of sp³-hybridized carbons (Fsp3) is 0.278. The maximum atomic E-state index is 11.8. The third-order valence-corrected chi connectivity index (χ3v) is 5.90. The third-order valence-electron chi connectivity index (χ3n) is 4.15. The Morgan fingerprint density at radius 3 is 2.68 bits per heavy atom. The number of esters is 1. The van der Waals surface area contributed by atoms with E-state index >= 15 is 0 Å². The molecule has 0 radical (unpaired) electrons. The molecule has 1 aromatic heterocycles. The lowest BCUT2D eigenvalue weighted by molar-refractivity contribution is -0.140. The molecule has 1 aliphatic heterocycles. The molecule has 1 aromatic carbocycles. The molecule has 7 heteroatoms. The average molecular weight is 393 g/mol. The predicted octanol–water partition coefficient (Wildman–Crippen LogP) is 4.54. The molecule has 130 valence electrons. The van der Waals surface area contributed by atoms with E-state index in [1.807, 2.05) is 24.3 Å². The van der Waals surface area contributed by atoms with E-state index < -0.39 is 6.04 Å². The molecule has 4 nitrogen and oxygen atoms in total. The van der Waals surface area contributed by atoms with Gasteiger partial charge in [0, 0.05) is 21.0 Å². The molecule has 1 N–H and O–H groups in total. The van der Waals surface area contributed by atoms with Crippen molar-refractivity contribution in [3.05, 3.63) is 50.9 Å². The Bertz CT molecular complexity index is 872. The highest BCUT2D eigenvalue weighted by Gasteiger charge is 2.28. The summed E-state index contributed by atoms with van der Waals surface area (Å²) in [7, 11) is 1.36. The Labute approximate surface area is 160 Å². The Kier molecular flexibility index (Phi) is 5.22. The van der Waals surface area contributed by atoms with Gasteiger partial charge in [0.05, 0.1) is 19.2 Å². The SMILES string of the molecule is COC(=O)C[C@H]1N=C(c2ccc(Cl)cc2)c2c(sc(C)c2C)NC1=S. The van der Waals surface area contributed by atoms with Gasteiger partial charge in [0.2, 0.25) is 0 Å². The fourth-order valence-corrected chi connectivity index (χ4v) is 4.18. The summed E-state index contributed by atoms with van der Waals surface area (Å²) >= 11 is 13.2. The number of fused-ring (bicyclic) bond motifs is 1. The van der Waals surface area contributed by atoms with Gasteiger partial charge in [-0.05, 0) is 31.5 Å². The number of carbonyl (C=O) groups excluding carboxylic acids is 1. The molecule has 0 saturated heterocycles. The van der Waals surface area contributed by atoms with Gasteiger partial charge in [0.25, 0.3) is 0 Å². The molecule has 1 aliphatic rings. The second kappa shape index (κ2) is 7.23. The molecule has 0 amide bonds. The van der Waals surface area contributed by atoms with Crippen LogP contribution in [0.25, 0.3) is 0 Å². The summed E-state index contributed by atoms with van der Waals surface area (Å²) < 4.78 is 4.79. The highest BCUT2D eigenvalue weighted by molar-refractivity contribution is 7.80. The average Bonchev–Trinajstić information content (AvgIpc) is 2.78. The van der Waals surface area contributed by atoms with Crippen LogP contribution in [0.15, 0.2) is 29.3 Å². The van der Waals surface area contributed by atoms with Gasteiger partial charge in [-0.25, -0.2) is 0 Å². The molecule has 0 saturated carbocycles. The molecular formula is C18H17ClN2O2S2. The second-order valence-electron chi connectivity index (χ2n) is 5.76. The summed E-state index contributed by atoms with van der Waals surface area (Å²) in [5.74, 6) is -0.341. The summed E-state index contributed by atoms with van der Waals surface area (Å²) in [5.41, 5.74) is 3.94. The number of rotatable bonds is 3. The van der Waals surface area contributed by atoms with Crippen LogP contribution in [-0.4, -0.2) is 29.8 Å². The standard InChI is InChI=1S/C18H17ClN2O2S2/c1-9-10(2)25-18-15(9)16(11-4-6-12(19)7-5-11)20-13(17(24)21-18)8-14(22)23-3/h4-7,13H,8H2,1-3H3,(H,21,24)/t13-/m1/s1. The number of hydrogen-bond acceptors (Lipinski definition) is 5. The summed E-state index contributed by atoms with van der Waals surface area (Å²) in [6.45, 7) is 4.15. The van der Waals surface area contributed by atoms with E-state index in [2.05, 4.69) is 19.2 Å². The van der Waals surface area contributed by atoms with Crippen LogP contribution in [0.1, 0.15) is 28.0 Å². The quantitative estimate of drug-likeness (QED) is 0.615. The van der Waals surface area contributed by atoms with Gasteiger partial charge < -0.3 is 10.1 Å². The van der Waals surface area contributed by atoms with Crippen LogP contribution in [-0.2, 0) is 9.53 Å². The molecule has 0 fully saturated rings. The molecule has 2 aromatic rings. The number of aliphatic imine (C=N–C) groups is 1. The first-order chi connectivity index (χ1) is 11.9. The van der Waals surface area contributed by atoms with Crippen LogP contribution in [0.3, 0.4) is 0 Å². The largest absolute Gasteiger partial charge is 0.469 e. The Balaban J connectivity index is 2.16. The minimum absolute atomic E-state index is 0.104. The van der Waals surface area contributed by atoms with Crippen molar-refractivity contribution in [2.75, 3.05) is 12.4 Å². The summed E-state index contributed by atoms with van der Waals surface area (Å²) in [5, 5.41) is 4.90. The number of thiophene rings is 1. The molecule has 2 heterocycles. The summed E-state index contributed by atoms with van der Waals surface area (Å²) in [4.78, 5) is 18.3. The number of anilines is 1. The van der Waals surface area contributed by atoms with Crippen molar-refractivity contribution >= 4 is 56.8 Å². The first-order valence-corrected chi connectivity index (χ1v) is 9.32. The van der Waals surface area contributed by atoms with Gasteiger partial charge in [0.15, 0.2) is 0 Å². The van der Waals surface area contributed by atoms with Crippen LogP contribution < -0.4 is 5.32 Å². The monoisotopic (exact) mass is 392 g/mol. The zero-order chi connectivity index (χ0) is 18.1. The normalized spacial score (nSPS) is 16.6. The third kappa shape index (κ3) is 3.61. The molecular weight excluding hydrogens is 376 g/mol. The first kappa shape index (κ1) is 18.0. The molecule has 0 spiro atoms. The predicted molar refractivity (Wildman–Crippen MR) is 108 cm³/mol. The number of ether oxygens (including phenoxy) is 1. The zero-order valence-electron chi connectivity index (χ0n) is 14.1. The highest BCUT2D eigenvalue weighted by Crippen LogP contribution is 2.37. The zero-order valence-corrected chi connectivity index (χ0v) is 16.4. The number of nitrogens with one attached hydrogen (secondary N) is 1. The second-order valence-corrected chi connectivity index (χ2v) is 7.86. The van der Waals surface area contributed by atoms with Crippen LogP contribution in [0, 0.1) is 13.8 Å². The van der Waals surface area contributed by atoms with Crippen molar-refractivity contribution in [3.8, 4) is 0 Å². The smallest absolute Gasteiger partial charge is 0.308 e. The van der Waals surface area contributed by atoms with Gasteiger partial charge in [0.1, 0.15) is 16.0 Å². The lowest BCUT2D eigenvalue weighted by Crippen LogP contribution is -2.26. The molecule has 0 bridgehead atoms. The lowest BCUT2D eigenvalue weighted by atomic mass is 10.00. The van der Waals surface area contributed by atoms with E-state index in [0.717, 1.165) is 27.4 Å². The highest BCUT2D eigenvalue weighted by atomic mass is 35.5. The number of methoxy groups -OCH3 is 1. The van der Waals surface area contributed by atoms with Gasteiger partial charge in [-0.3, -0.25) is 9.79 Å². The van der Waals surface area contributed by atoms with Crippen molar-refractivity contribution < 1.29 is 9.53 Å². The van der Waals surface area contributed by atoms with E-state index in [1.165, 1.54) is 12.0 Å². The van der Waals surface area contributed by atoms with E-state index in [0.29, 0.717) is 10.0 Å². The van der Waals surface area contributed by atoms with E-state index in [1.54, 1.807) is 11.3 Å². The van der Waals surface area contributed by atoms with Crippen molar-refractivity contribution in [3.63, 3.8) is 0 Å². The van der Waals surface area contributed by atoms with Gasteiger partial charge in [-0.1, -0.05) is 36.0 Å². The number of nitrogens with zero attached hydrogens (tertiary/aromatic N) is 1.